The number of alkyl halides is 3. The van der Waals surface area contributed by atoms with E-state index in [9.17, 15) is 18.0 Å². The lowest BCUT2D eigenvalue weighted by Crippen LogP contribution is -2.08. The Labute approximate surface area is 175 Å². The molecular weight excluding hydrogens is 409 g/mol. The Bertz CT molecular complexity index is 1190. The largest absolute Gasteiger partial charge is 0.438 e. The smallest absolute Gasteiger partial charge is 0.433 e. The molecule has 0 aliphatic heterocycles. The highest BCUT2D eigenvalue weighted by Crippen LogP contribution is 2.28. The fourth-order valence-corrected chi connectivity index (χ4v) is 3.06. The zero-order valence-electron chi connectivity index (χ0n) is 16.2. The van der Waals surface area contributed by atoms with Gasteiger partial charge in [0.2, 0.25) is 5.88 Å². The van der Waals surface area contributed by atoms with Crippen molar-refractivity contribution in [2.45, 2.75) is 25.4 Å². The van der Waals surface area contributed by atoms with E-state index < -0.39 is 11.9 Å². The van der Waals surface area contributed by atoms with E-state index >= 15 is 0 Å². The number of nitrogens with one attached hydrogen (secondary N) is 1. The number of carbonyl (C=O) groups is 1. The van der Waals surface area contributed by atoms with Gasteiger partial charge in [0, 0.05) is 25.2 Å². The van der Waals surface area contributed by atoms with Crippen LogP contribution in [0.15, 0.2) is 61.2 Å². The average molecular weight is 426 g/mol. The lowest BCUT2D eigenvalue weighted by molar-refractivity contribution is -0.141. The number of aromatic nitrogens is 4. The molecule has 0 fully saturated rings. The first-order valence-electron chi connectivity index (χ1n) is 9.47. The molecule has 0 radical (unpaired) electrons. The van der Waals surface area contributed by atoms with Crippen LogP contribution in [0.2, 0.25) is 0 Å². The maximum Gasteiger partial charge on any atom is 0.433 e. The number of Topliss-reactive ketones (excluding diaryl/α,β-unsaturated/α-hetero) is 1. The fourth-order valence-electron chi connectivity index (χ4n) is 3.06. The van der Waals surface area contributed by atoms with E-state index in [1.807, 2.05) is 6.07 Å². The molecule has 0 spiro atoms. The Morgan fingerprint density at radius 2 is 1.74 bits per heavy atom. The Kier molecular flexibility index (Phi) is 5.66. The summed E-state index contributed by atoms with van der Waals surface area (Å²) in [7, 11) is 0. The molecule has 0 aliphatic carbocycles. The van der Waals surface area contributed by atoms with Crippen molar-refractivity contribution in [2.24, 2.45) is 0 Å². The Morgan fingerprint density at radius 1 is 0.968 bits per heavy atom. The van der Waals surface area contributed by atoms with Crippen molar-refractivity contribution < 1.29 is 22.7 Å². The summed E-state index contributed by atoms with van der Waals surface area (Å²) in [5, 5.41) is 0.763. The third-order valence-corrected chi connectivity index (χ3v) is 4.66. The predicted octanol–water partition coefficient (Wildman–Crippen LogP) is 4.91. The van der Waals surface area contributed by atoms with E-state index in [1.165, 1.54) is 12.4 Å². The molecule has 0 amide bonds. The highest BCUT2D eigenvalue weighted by molar-refractivity contribution is 5.81. The second-order valence-corrected chi connectivity index (χ2v) is 6.93. The van der Waals surface area contributed by atoms with Crippen LogP contribution in [-0.4, -0.2) is 25.7 Å². The molecule has 3 heterocycles. The van der Waals surface area contributed by atoms with Crippen molar-refractivity contribution in [3.05, 3.63) is 78.0 Å². The summed E-state index contributed by atoms with van der Waals surface area (Å²) in [5.74, 6) is 0.992. The number of benzene rings is 1. The third-order valence-electron chi connectivity index (χ3n) is 4.66. The number of pyridine rings is 1. The molecule has 3 aromatic heterocycles. The van der Waals surface area contributed by atoms with Crippen molar-refractivity contribution in [3.8, 4) is 11.6 Å². The zero-order valence-corrected chi connectivity index (χ0v) is 16.2. The fraction of sp³-hybridized carbons (Fsp3) is 0.182. The molecule has 9 heteroatoms. The number of rotatable bonds is 7. The first-order chi connectivity index (χ1) is 14.9. The van der Waals surface area contributed by atoms with Gasteiger partial charge in [0.05, 0.1) is 5.39 Å². The highest BCUT2D eigenvalue weighted by Gasteiger charge is 2.31. The third kappa shape index (κ3) is 5.06. The van der Waals surface area contributed by atoms with Crippen LogP contribution in [0.25, 0.3) is 11.0 Å². The van der Waals surface area contributed by atoms with Gasteiger partial charge < -0.3 is 9.72 Å². The van der Waals surface area contributed by atoms with Crippen LogP contribution in [0, 0.1) is 0 Å². The number of nitrogens with zero attached hydrogens (tertiary/aromatic N) is 3. The first kappa shape index (κ1) is 20.5. The number of aromatic amines is 1. The number of halogens is 3. The molecule has 0 unspecified atom stereocenters. The second kappa shape index (κ2) is 8.55. The summed E-state index contributed by atoms with van der Waals surface area (Å²) in [6, 6.07) is 11.2. The molecule has 158 valence electrons. The van der Waals surface area contributed by atoms with E-state index in [2.05, 4.69) is 19.9 Å². The Hall–Kier alpha value is -3.75. The summed E-state index contributed by atoms with van der Waals surface area (Å²) in [6.45, 7) is 0. The number of ether oxygens (including phenoxy) is 1. The second-order valence-electron chi connectivity index (χ2n) is 6.93. The monoisotopic (exact) mass is 426 g/mol. The maximum absolute atomic E-state index is 12.5. The number of hydrogen-bond donors (Lipinski definition) is 1. The summed E-state index contributed by atoms with van der Waals surface area (Å²) < 4.78 is 43.4. The molecule has 4 rings (SSSR count). The molecule has 6 nitrogen and oxygen atoms in total. The van der Waals surface area contributed by atoms with Crippen LogP contribution in [-0.2, 0) is 23.8 Å². The number of ketones is 1. The van der Waals surface area contributed by atoms with Crippen LogP contribution in [0.1, 0.15) is 23.2 Å². The van der Waals surface area contributed by atoms with Crippen LogP contribution in [0.4, 0.5) is 13.2 Å². The quantitative estimate of drug-likeness (QED) is 0.454. The van der Waals surface area contributed by atoms with Gasteiger partial charge >= 0.3 is 6.18 Å². The predicted molar refractivity (Wildman–Crippen MR) is 107 cm³/mol. The standard InChI is InChI=1S/C22H17F3N4O2/c23-22(24,25)19-8-4-15(12-27-19)1-5-16(30)11-14-2-6-17(7-3-14)31-21-18-9-10-26-20(18)28-13-29-21/h2-4,6-10,12-13H,1,5,11H2,(H,26,28,29). The summed E-state index contributed by atoms with van der Waals surface area (Å²) >= 11 is 0. The van der Waals surface area contributed by atoms with Gasteiger partial charge in [0.1, 0.15) is 29.2 Å². The van der Waals surface area contributed by atoms with Crippen molar-refractivity contribution >= 4 is 16.8 Å². The molecule has 31 heavy (non-hydrogen) atoms. The van der Waals surface area contributed by atoms with Crippen LogP contribution < -0.4 is 4.74 Å². The topological polar surface area (TPSA) is 80.8 Å². The van der Waals surface area contributed by atoms with Gasteiger partial charge in [-0.3, -0.25) is 9.78 Å². The minimum atomic E-state index is -4.47. The van der Waals surface area contributed by atoms with Crippen molar-refractivity contribution in [1.29, 1.82) is 0 Å². The molecule has 0 aliphatic rings. The van der Waals surface area contributed by atoms with Crippen molar-refractivity contribution in [2.75, 3.05) is 0 Å². The van der Waals surface area contributed by atoms with Gasteiger partial charge in [0.15, 0.2) is 0 Å². The van der Waals surface area contributed by atoms with Crippen LogP contribution in [0.5, 0.6) is 11.6 Å². The van der Waals surface area contributed by atoms with Crippen molar-refractivity contribution in [1.82, 2.24) is 19.9 Å². The van der Waals surface area contributed by atoms with Crippen LogP contribution >= 0.6 is 0 Å². The first-order valence-corrected chi connectivity index (χ1v) is 9.47. The average Bonchev–Trinajstić information content (AvgIpc) is 3.23. The minimum Gasteiger partial charge on any atom is -0.438 e. The van der Waals surface area contributed by atoms with Gasteiger partial charge in [-0.15, -0.1) is 0 Å². The summed E-state index contributed by atoms with van der Waals surface area (Å²) in [6.07, 6.45) is 0.643. The molecule has 0 saturated carbocycles. The maximum atomic E-state index is 12.5. The summed E-state index contributed by atoms with van der Waals surface area (Å²) in [5.41, 5.74) is 1.14. The Balaban J connectivity index is 1.31. The lowest BCUT2D eigenvalue weighted by Gasteiger charge is -2.07. The van der Waals surface area contributed by atoms with E-state index in [-0.39, 0.29) is 18.6 Å². The molecular formula is C22H17F3N4O2. The lowest BCUT2D eigenvalue weighted by atomic mass is 10.0. The summed E-state index contributed by atoms with van der Waals surface area (Å²) in [4.78, 5) is 26.9. The van der Waals surface area contributed by atoms with Gasteiger partial charge in [-0.1, -0.05) is 18.2 Å². The van der Waals surface area contributed by atoms with Crippen molar-refractivity contribution in [3.63, 3.8) is 0 Å². The van der Waals surface area contributed by atoms with E-state index in [0.717, 1.165) is 23.2 Å². The Morgan fingerprint density at radius 3 is 2.45 bits per heavy atom. The molecule has 1 N–H and O–H groups in total. The van der Waals surface area contributed by atoms with Gasteiger partial charge in [-0.25, -0.2) is 9.97 Å². The van der Waals surface area contributed by atoms with E-state index in [1.54, 1.807) is 30.5 Å². The van der Waals surface area contributed by atoms with E-state index in [4.69, 9.17) is 4.74 Å². The van der Waals surface area contributed by atoms with E-state index in [0.29, 0.717) is 29.3 Å². The molecule has 0 atom stereocenters. The molecule has 4 aromatic rings. The number of H-pyrrole nitrogens is 1. The SMILES string of the molecule is O=C(CCc1ccc(C(F)(F)F)nc1)Cc1ccc(Oc2ncnc3[nH]ccc23)cc1. The van der Waals surface area contributed by atoms with Gasteiger partial charge in [-0.2, -0.15) is 13.2 Å². The number of aryl methyl sites for hydroxylation is 1. The van der Waals surface area contributed by atoms with Gasteiger partial charge in [0.25, 0.3) is 0 Å². The molecule has 0 saturated heterocycles. The zero-order chi connectivity index (χ0) is 21.8. The number of hydrogen-bond acceptors (Lipinski definition) is 5. The van der Waals surface area contributed by atoms with Crippen LogP contribution in [0.3, 0.4) is 0 Å². The number of carbonyl (C=O) groups excluding carboxylic acids is 1. The highest BCUT2D eigenvalue weighted by atomic mass is 19.4. The molecule has 0 bridgehead atoms. The minimum absolute atomic E-state index is 0.0154. The van der Waals surface area contributed by atoms with Gasteiger partial charge in [-0.05, 0) is 41.8 Å². The normalized spacial score (nSPS) is 11.6. The number of fused-ring (bicyclic) bond motifs is 1. The molecule has 1 aromatic carbocycles.